The fourth-order valence-electron chi connectivity index (χ4n) is 3.27. The molecule has 5 nitrogen and oxygen atoms in total. The second-order valence-electron chi connectivity index (χ2n) is 8.03. The molecule has 0 radical (unpaired) electrons. The van der Waals surface area contributed by atoms with Crippen LogP contribution in [0.4, 0.5) is 0 Å². The van der Waals surface area contributed by atoms with E-state index >= 15 is 0 Å². The Morgan fingerprint density at radius 2 is 2.26 bits per heavy atom. The van der Waals surface area contributed by atoms with Crippen LogP contribution >= 0.6 is 0 Å². The van der Waals surface area contributed by atoms with Crippen LogP contribution in [0.1, 0.15) is 64.9 Å². The van der Waals surface area contributed by atoms with Crippen molar-refractivity contribution in [3.05, 3.63) is 48.0 Å². The zero-order valence-electron chi connectivity index (χ0n) is 16.6. The maximum absolute atomic E-state index is 11.3. The quantitative estimate of drug-likeness (QED) is 0.475. The number of aliphatic hydroxyl groups excluding tert-OH is 1. The van der Waals surface area contributed by atoms with Gasteiger partial charge in [0.25, 0.3) is 0 Å². The summed E-state index contributed by atoms with van der Waals surface area (Å²) < 4.78 is 10.3. The van der Waals surface area contributed by atoms with Crippen LogP contribution in [0, 0.1) is 0 Å². The SMILES string of the molecule is CC(=CCCc1ccoc1)CC=CC(C)(O)CCC(O)C1(C)CCC(=O)O1. The highest BCUT2D eigenvalue weighted by atomic mass is 16.6. The number of aryl methyl sites for hydroxylation is 1. The average molecular weight is 376 g/mol. The number of carbonyl (C=O) groups is 1. The number of cyclic esters (lactones) is 1. The first-order valence-corrected chi connectivity index (χ1v) is 9.67. The fourth-order valence-corrected chi connectivity index (χ4v) is 3.27. The molecule has 0 bridgehead atoms. The molecule has 1 aliphatic rings. The highest BCUT2D eigenvalue weighted by Crippen LogP contribution is 2.32. The second kappa shape index (κ2) is 9.38. The number of furan rings is 1. The maximum atomic E-state index is 11.3. The van der Waals surface area contributed by atoms with Crippen LogP contribution in [0.2, 0.25) is 0 Å². The first-order chi connectivity index (χ1) is 12.7. The zero-order chi connectivity index (χ0) is 19.9. The molecule has 1 aliphatic heterocycles. The van der Waals surface area contributed by atoms with Crippen molar-refractivity contribution in [3.8, 4) is 0 Å². The molecule has 0 saturated carbocycles. The molecule has 1 aromatic rings. The number of hydrogen-bond donors (Lipinski definition) is 2. The van der Waals surface area contributed by atoms with E-state index in [0.29, 0.717) is 25.7 Å². The highest BCUT2D eigenvalue weighted by molar-refractivity contribution is 5.72. The van der Waals surface area contributed by atoms with Gasteiger partial charge in [0.2, 0.25) is 0 Å². The molecule has 2 rings (SSSR count). The number of aliphatic hydroxyl groups is 2. The Labute approximate surface area is 161 Å². The van der Waals surface area contributed by atoms with Gasteiger partial charge < -0.3 is 19.4 Å². The molecule has 0 aromatic carbocycles. The maximum Gasteiger partial charge on any atom is 0.306 e. The Hall–Kier alpha value is -1.85. The number of rotatable bonds is 10. The van der Waals surface area contributed by atoms with Gasteiger partial charge in [0.1, 0.15) is 5.60 Å². The van der Waals surface area contributed by atoms with Crippen molar-refractivity contribution in [2.45, 2.75) is 83.0 Å². The highest BCUT2D eigenvalue weighted by Gasteiger charge is 2.42. The lowest BCUT2D eigenvalue weighted by atomic mass is 9.88. The summed E-state index contributed by atoms with van der Waals surface area (Å²) in [5, 5.41) is 20.9. The molecule has 0 amide bonds. The van der Waals surface area contributed by atoms with Crippen LogP contribution in [0.15, 0.2) is 46.8 Å². The molecule has 1 fully saturated rings. The molecule has 5 heteroatoms. The van der Waals surface area contributed by atoms with E-state index in [1.165, 1.54) is 11.1 Å². The predicted molar refractivity (Wildman–Crippen MR) is 104 cm³/mol. The van der Waals surface area contributed by atoms with Gasteiger partial charge in [-0.2, -0.15) is 0 Å². The summed E-state index contributed by atoms with van der Waals surface area (Å²) in [7, 11) is 0. The van der Waals surface area contributed by atoms with Gasteiger partial charge in [-0.1, -0.05) is 23.8 Å². The summed E-state index contributed by atoms with van der Waals surface area (Å²) in [5.74, 6) is -0.266. The van der Waals surface area contributed by atoms with Crippen LogP contribution < -0.4 is 0 Å². The van der Waals surface area contributed by atoms with Gasteiger partial charge in [0.15, 0.2) is 0 Å². The number of carbonyl (C=O) groups excluding carboxylic acids is 1. The number of esters is 1. The summed E-state index contributed by atoms with van der Waals surface area (Å²) in [6.07, 6.45) is 13.0. The van der Waals surface area contributed by atoms with Crippen LogP contribution in [-0.4, -0.2) is 33.5 Å². The summed E-state index contributed by atoms with van der Waals surface area (Å²) in [4.78, 5) is 11.3. The van der Waals surface area contributed by atoms with Gasteiger partial charge >= 0.3 is 5.97 Å². The Morgan fingerprint density at radius 3 is 2.89 bits per heavy atom. The van der Waals surface area contributed by atoms with E-state index < -0.39 is 17.3 Å². The van der Waals surface area contributed by atoms with E-state index in [1.54, 1.807) is 32.4 Å². The van der Waals surface area contributed by atoms with E-state index in [2.05, 4.69) is 13.0 Å². The van der Waals surface area contributed by atoms with E-state index in [9.17, 15) is 15.0 Å². The smallest absolute Gasteiger partial charge is 0.306 e. The van der Waals surface area contributed by atoms with Gasteiger partial charge in [-0.3, -0.25) is 4.79 Å². The molecule has 150 valence electrons. The van der Waals surface area contributed by atoms with Crippen molar-refractivity contribution < 1.29 is 24.2 Å². The van der Waals surface area contributed by atoms with Crippen molar-refractivity contribution in [2.24, 2.45) is 0 Å². The normalized spacial score (nSPS) is 24.2. The Morgan fingerprint density at radius 1 is 1.48 bits per heavy atom. The largest absolute Gasteiger partial charge is 0.472 e. The minimum atomic E-state index is -1.00. The summed E-state index contributed by atoms with van der Waals surface area (Å²) >= 11 is 0. The van der Waals surface area contributed by atoms with E-state index in [-0.39, 0.29) is 5.97 Å². The topological polar surface area (TPSA) is 79.9 Å². The van der Waals surface area contributed by atoms with Gasteiger partial charge in [0.05, 0.1) is 24.2 Å². The molecule has 1 saturated heterocycles. The predicted octanol–water partition coefficient (Wildman–Crippen LogP) is 4.09. The van der Waals surface area contributed by atoms with Crippen molar-refractivity contribution >= 4 is 5.97 Å². The fraction of sp³-hybridized carbons (Fsp3) is 0.591. The van der Waals surface area contributed by atoms with Crippen LogP contribution in [-0.2, 0) is 16.0 Å². The molecular weight excluding hydrogens is 344 g/mol. The van der Waals surface area contributed by atoms with E-state index in [0.717, 1.165) is 19.3 Å². The first kappa shape index (κ1) is 21.5. The van der Waals surface area contributed by atoms with Crippen LogP contribution in [0.25, 0.3) is 0 Å². The van der Waals surface area contributed by atoms with Crippen LogP contribution in [0.5, 0.6) is 0 Å². The Bertz CT molecular complexity index is 656. The lowest BCUT2D eigenvalue weighted by Crippen LogP contribution is -2.40. The Kier molecular flexibility index (Phi) is 7.45. The van der Waals surface area contributed by atoms with Gasteiger partial charge in [0, 0.05) is 6.42 Å². The molecule has 1 aromatic heterocycles. The monoisotopic (exact) mass is 376 g/mol. The third-order valence-electron chi connectivity index (χ3n) is 5.22. The molecule has 2 N–H and O–H groups in total. The summed E-state index contributed by atoms with van der Waals surface area (Å²) in [6, 6.07) is 1.97. The summed E-state index contributed by atoms with van der Waals surface area (Å²) in [5.41, 5.74) is 0.607. The molecule has 0 spiro atoms. The summed E-state index contributed by atoms with van der Waals surface area (Å²) in [6.45, 7) is 5.56. The minimum Gasteiger partial charge on any atom is -0.472 e. The lowest BCUT2D eigenvalue weighted by molar-refractivity contribution is -0.156. The number of hydrogen-bond acceptors (Lipinski definition) is 5. The molecule has 3 atom stereocenters. The Balaban J connectivity index is 1.73. The zero-order valence-corrected chi connectivity index (χ0v) is 16.6. The third-order valence-corrected chi connectivity index (χ3v) is 5.22. The number of ether oxygens (including phenoxy) is 1. The van der Waals surface area contributed by atoms with Crippen molar-refractivity contribution in [1.82, 2.24) is 0 Å². The molecule has 3 unspecified atom stereocenters. The number of allylic oxidation sites excluding steroid dienone is 3. The standard InChI is InChI=1S/C22H32O5/c1-17(6-4-8-18-11-15-26-16-18)7-5-12-21(2,25)13-9-19(23)22(3)14-10-20(24)27-22/h5-6,11-12,15-16,19,23,25H,4,7-10,13-14H2,1-3H3. The minimum absolute atomic E-state index is 0.266. The molecule has 0 aliphatic carbocycles. The molecular formula is C22H32O5. The molecule has 27 heavy (non-hydrogen) atoms. The van der Waals surface area contributed by atoms with E-state index in [4.69, 9.17) is 9.15 Å². The van der Waals surface area contributed by atoms with E-state index in [1.807, 2.05) is 12.1 Å². The van der Waals surface area contributed by atoms with Gasteiger partial charge in [-0.15, -0.1) is 0 Å². The third kappa shape index (κ3) is 7.00. The van der Waals surface area contributed by atoms with Gasteiger partial charge in [-0.05, 0) is 70.9 Å². The average Bonchev–Trinajstić information content (AvgIpc) is 3.23. The van der Waals surface area contributed by atoms with Crippen molar-refractivity contribution in [1.29, 1.82) is 0 Å². The van der Waals surface area contributed by atoms with Crippen LogP contribution in [0.3, 0.4) is 0 Å². The first-order valence-electron chi connectivity index (χ1n) is 9.67. The lowest BCUT2D eigenvalue weighted by Gasteiger charge is -2.30. The van der Waals surface area contributed by atoms with Crippen molar-refractivity contribution in [3.63, 3.8) is 0 Å². The molecule has 2 heterocycles. The van der Waals surface area contributed by atoms with Gasteiger partial charge in [-0.25, -0.2) is 0 Å². The second-order valence-corrected chi connectivity index (χ2v) is 8.03. The van der Waals surface area contributed by atoms with Crippen molar-refractivity contribution in [2.75, 3.05) is 0 Å².